The quantitative estimate of drug-likeness (QED) is 0.825. The monoisotopic (exact) mass is 260 g/mol. The van der Waals surface area contributed by atoms with Crippen LogP contribution in [-0.4, -0.2) is 10.7 Å². The number of aliphatic hydroxyl groups is 1. The van der Waals surface area contributed by atoms with Crippen molar-refractivity contribution < 1.29 is 5.11 Å². The van der Waals surface area contributed by atoms with E-state index in [-0.39, 0.29) is 5.60 Å². The van der Waals surface area contributed by atoms with Gasteiger partial charge in [-0.25, -0.2) is 0 Å². The maximum Gasteiger partial charge on any atom is 0.0645 e. The Morgan fingerprint density at radius 3 is 2.16 bits per heavy atom. The highest BCUT2D eigenvalue weighted by Crippen LogP contribution is 2.36. The largest absolute Gasteiger partial charge is 0.390 e. The molecule has 2 rings (SSSR count). The summed E-state index contributed by atoms with van der Waals surface area (Å²) < 4.78 is 0. The molecule has 19 heavy (non-hydrogen) atoms. The van der Waals surface area contributed by atoms with Gasteiger partial charge < -0.3 is 5.11 Å². The number of hydrogen-bond acceptors (Lipinski definition) is 1. The second kappa shape index (κ2) is 6.56. The first kappa shape index (κ1) is 14.6. The molecule has 0 amide bonds. The van der Waals surface area contributed by atoms with E-state index in [1.54, 1.807) is 0 Å². The fourth-order valence-electron chi connectivity index (χ4n) is 3.17. The van der Waals surface area contributed by atoms with E-state index in [1.165, 1.54) is 36.8 Å². The van der Waals surface area contributed by atoms with Gasteiger partial charge in [-0.05, 0) is 68.4 Å². The summed E-state index contributed by atoms with van der Waals surface area (Å²) in [5.74, 6) is 0.817. The van der Waals surface area contributed by atoms with Crippen molar-refractivity contribution in [1.82, 2.24) is 0 Å². The molecule has 0 unspecified atom stereocenters. The zero-order chi connectivity index (χ0) is 13.7. The van der Waals surface area contributed by atoms with E-state index in [1.807, 2.05) is 0 Å². The molecular formula is C18H28O. The van der Waals surface area contributed by atoms with Crippen LogP contribution in [0.4, 0.5) is 0 Å². The SMILES string of the molecule is CCc1ccc(CCC2CCC(O)(CC)CC2)cc1. The van der Waals surface area contributed by atoms with Gasteiger partial charge in [-0.15, -0.1) is 0 Å². The van der Waals surface area contributed by atoms with Crippen molar-refractivity contribution in [3.8, 4) is 0 Å². The molecule has 0 aliphatic heterocycles. The first-order chi connectivity index (χ1) is 9.15. The van der Waals surface area contributed by atoms with Gasteiger partial charge in [0.15, 0.2) is 0 Å². The van der Waals surface area contributed by atoms with Crippen molar-refractivity contribution in [3.05, 3.63) is 35.4 Å². The van der Waals surface area contributed by atoms with Gasteiger partial charge in [0.05, 0.1) is 5.60 Å². The molecule has 0 bridgehead atoms. The minimum atomic E-state index is -0.348. The van der Waals surface area contributed by atoms with Crippen LogP contribution in [0.1, 0.15) is 63.5 Å². The number of hydrogen-bond donors (Lipinski definition) is 1. The summed E-state index contributed by atoms with van der Waals surface area (Å²) in [6.07, 6.45) is 8.93. The third kappa shape index (κ3) is 4.07. The molecule has 106 valence electrons. The molecule has 0 heterocycles. The first-order valence-electron chi connectivity index (χ1n) is 7.95. The Bertz CT molecular complexity index is 371. The van der Waals surface area contributed by atoms with E-state index in [0.717, 1.165) is 31.6 Å². The average molecular weight is 260 g/mol. The molecule has 0 atom stereocenters. The molecule has 1 fully saturated rings. The molecule has 0 radical (unpaired) electrons. The lowest BCUT2D eigenvalue weighted by Crippen LogP contribution is -2.33. The van der Waals surface area contributed by atoms with Crippen molar-refractivity contribution in [1.29, 1.82) is 0 Å². The van der Waals surface area contributed by atoms with Crippen LogP contribution in [0.25, 0.3) is 0 Å². The molecule has 1 aliphatic carbocycles. The minimum absolute atomic E-state index is 0.348. The van der Waals surface area contributed by atoms with Crippen LogP contribution in [0.15, 0.2) is 24.3 Å². The van der Waals surface area contributed by atoms with E-state index < -0.39 is 0 Å². The smallest absolute Gasteiger partial charge is 0.0645 e. The summed E-state index contributed by atoms with van der Waals surface area (Å²) in [5.41, 5.74) is 2.54. The number of aryl methyl sites for hydroxylation is 2. The molecule has 1 aliphatic rings. The van der Waals surface area contributed by atoms with Crippen LogP contribution >= 0.6 is 0 Å². The fourth-order valence-corrected chi connectivity index (χ4v) is 3.17. The normalized spacial score (nSPS) is 27.4. The van der Waals surface area contributed by atoms with Gasteiger partial charge in [0, 0.05) is 0 Å². The highest BCUT2D eigenvalue weighted by molar-refractivity contribution is 5.22. The Morgan fingerprint density at radius 2 is 1.63 bits per heavy atom. The topological polar surface area (TPSA) is 20.2 Å². The van der Waals surface area contributed by atoms with Crippen LogP contribution in [-0.2, 0) is 12.8 Å². The van der Waals surface area contributed by atoms with Crippen molar-refractivity contribution in [3.63, 3.8) is 0 Å². The summed E-state index contributed by atoms with van der Waals surface area (Å²) in [6, 6.07) is 9.08. The van der Waals surface area contributed by atoms with Crippen LogP contribution in [0, 0.1) is 5.92 Å². The van der Waals surface area contributed by atoms with Crippen molar-refractivity contribution in [2.24, 2.45) is 5.92 Å². The fraction of sp³-hybridized carbons (Fsp3) is 0.667. The van der Waals surface area contributed by atoms with Gasteiger partial charge in [-0.2, -0.15) is 0 Å². The molecule has 1 nitrogen and oxygen atoms in total. The maximum absolute atomic E-state index is 10.2. The van der Waals surface area contributed by atoms with Crippen LogP contribution < -0.4 is 0 Å². The first-order valence-corrected chi connectivity index (χ1v) is 7.95. The summed E-state index contributed by atoms with van der Waals surface area (Å²) in [4.78, 5) is 0. The van der Waals surface area contributed by atoms with E-state index in [0.29, 0.717) is 0 Å². The van der Waals surface area contributed by atoms with E-state index in [9.17, 15) is 5.11 Å². The predicted molar refractivity (Wildman–Crippen MR) is 81.3 cm³/mol. The molecule has 1 aromatic rings. The highest BCUT2D eigenvalue weighted by atomic mass is 16.3. The second-order valence-corrected chi connectivity index (χ2v) is 6.23. The highest BCUT2D eigenvalue weighted by Gasteiger charge is 2.30. The van der Waals surface area contributed by atoms with Gasteiger partial charge in [0.2, 0.25) is 0 Å². The average Bonchev–Trinajstić information content (AvgIpc) is 2.47. The molecule has 1 N–H and O–H groups in total. The Hall–Kier alpha value is -0.820. The summed E-state index contributed by atoms with van der Waals surface area (Å²) in [7, 11) is 0. The van der Waals surface area contributed by atoms with Gasteiger partial charge in [-0.3, -0.25) is 0 Å². The van der Waals surface area contributed by atoms with Gasteiger partial charge >= 0.3 is 0 Å². The zero-order valence-corrected chi connectivity index (χ0v) is 12.5. The van der Waals surface area contributed by atoms with E-state index in [4.69, 9.17) is 0 Å². The van der Waals surface area contributed by atoms with Crippen molar-refractivity contribution in [2.75, 3.05) is 0 Å². The van der Waals surface area contributed by atoms with E-state index in [2.05, 4.69) is 38.1 Å². The summed E-state index contributed by atoms with van der Waals surface area (Å²) in [5, 5.41) is 10.2. The van der Waals surface area contributed by atoms with Gasteiger partial charge in [0.1, 0.15) is 0 Å². The standard InChI is InChI=1S/C18H28O/c1-3-15-5-7-16(8-6-15)9-10-17-11-13-18(19,4-2)14-12-17/h5-8,17,19H,3-4,9-14H2,1-2H3. The third-order valence-corrected chi connectivity index (χ3v) is 4.97. The second-order valence-electron chi connectivity index (χ2n) is 6.23. The lowest BCUT2D eigenvalue weighted by atomic mass is 9.76. The number of benzene rings is 1. The molecule has 1 heteroatoms. The number of rotatable bonds is 5. The summed E-state index contributed by atoms with van der Waals surface area (Å²) in [6.45, 7) is 4.31. The molecule has 1 saturated carbocycles. The molecule has 0 spiro atoms. The molecule has 0 aromatic heterocycles. The van der Waals surface area contributed by atoms with Crippen LogP contribution in [0.2, 0.25) is 0 Å². The Balaban J connectivity index is 1.77. The molecular weight excluding hydrogens is 232 g/mol. The lowest BCUT2D eigenvalue weighted by Gasteiger charge is -2.35. The zero-order valence-electron chi connectivity index (χ0n) is 12.5. The van der Waals surface area contributed by atoms with Gasteiger partial charge in [0.25, 0.3) is 0 Å². The summed E-state index contributed by atoms with van der Waals surface area (Å²) >= 11 is 0. The maximum atomic E-state index is 10.2. The Labute approximate surface area is 118 Å². The van der Waals surface area contributed by atoms with Crippen molar-refractivity contribution >= 4 is 0 Å². The lowest BCUT2D eigenvalue weighted by molar-refractivity contribution is -0.0133. The molecule has 0 saturated heterocycles. The van der Waals surface area contributed by atoms with Crippen LogP contribution in [0.5, 0.6) is 0 Å². The van der Waals surface area contributed by atoms with Gasteiger partial charge in [-0.1, -0.05) is 38.1 Å². The predicted octanol–water partition coefficient (Wildman–Crippen LogP) is 4.51. The van der Waals surface area contributed by atoms with Crippen molar-refractivity contribution in [2.45, 2.75) is 70.8 Å². The van der Waals surface area contributed by atoms with E-state index >= 15 is 0 Å². The molecule has 1 aromatic carbocycles. The van der Waals surface area contributed by atoms with Crippen LogP contribution in [0.3, 0.4) is 0 Å². The Morgan fingerprint density at radius 1 is 1.05 bits per heavy atom. The third-order valence-electron chi connectivity index (χ3n) is 4.97. The Kier molecular flexibility index (Phi) is 5.04. The minimum Gasteiger partial charge on any atom is -0.390 e.